The third-order valence-corrected chi connectivity index (χ3v) is 4.10. The number of halogens is 1. The van der Waals surface area contributed by atoms with Crippen molar-refractivity contribution in [2.45, 2.75) is 33.2 Å². The summed E-state index contributed by atoms with van der Waals surface area (Å²) < 4.78 is 1.71. The van der Waals surface area contributed by atoms with Crippen LogP contribution in [0.4, 0.5) is 0 Å². The van der Waals surface area contributed by atoms with E-state index in [-0.39, 0.29) is 18.0 Å². The second kappa shape index (κ2) is 7.27. The Morgan fingerprint density at radius 3 is 2.52 bits per heavy atom. The molecule has 0 fully saturated rings. The first-order valence-electron chi connectivity index (χ1n) is 7.97. The van der Waals surface area contributed by atoms with Crippen molar-refractivity contribution in [1.29, 1.82) is 0 Å². The standard InChI is InChI=1S/C18H22ClN3O3/c1-11(17(24)25)9-20-16(23)13-10-22(18(2,3)4)21-15(13)12-7-5-6-8-14(12)19/h5-8,10-11H,9H2,1-4H3,(H,20,23)(H,24,25). The molecular weight excluding hydrogens is 342 g/mol. The van der Waals surface area contributed by atoms with E-state index in [0.29, 0.717) is 21.8 Å². The number of hydrogen-bond donors (Lipinski definition) is 2. The Balaban J connectivity index is 2.42. The molecule has 1 aromatic heterocycles. The first-order valence-corrected chi connectivity index (χ1v) is 8.35. The maximum atomic E-state index is 12.6. The number of nitrogens with zero attached hydrogens (tertiary/aromatic N) is 2. The summed E-state index contributed by atoms with van der Waals surface area (Å²) in [6.45, 7) is 7.51. The minimum absolute atomic E-state index is 0.0385. The molecule has 1 aromatic carbocycles. The predicted octanol–water partition coefficient (Wildman–Crippen LogP) is 3.41. The van der Waals surface area contributed by atoms with Gasteiger partial charge in [-0.05, 0) is 26.8 Å². The van der Waals surface area contributed by atoms with Gasteiger partial charge in [-0.3, -0.25) is 14.3 Å². The first-order chi connectivity index (χ1) is 11.6. The highest BCUT2D eigenvalue weighted by atomic mass is 35.5. The highest BCUT2D eigenvalue weighted by molar-refractivity contribution is 6.33. The van der Waals surface area contributed by atoms with Crippen LogP contribution in [0.5, 0.6) is 0 Å². The van der Waals surface area contributed by atoms with E-state index in [1.54, 1.807) is 29.1 Å². The predicted molar refractivity (Wildman–Crippen MR) is 96.8 cm³/mol. The Bertz CT molecular complexity index is 793. The zero-order chi connectivity index (χ0) is 18.8. The van der Waals surface area contributed by atoms with Crippen molar-refractivity contribution in [3.8, 4) is 11.3 Å². The Morgan fingerprint density at radius 2 is 1.96 bits per heavy atom. The number of nitrogens with one attached hydrogen (secondary N) is 1. The van der Waals surface area contributed by atoms with Crippen molar-refractivity contribution in [1.82, 2.24) is 15.1 Å². The van der Waals surface area contributed by atoms with Crippen LogP contribution in [0.25, 0.3) is 11.3 Å². The van der Waals surface area contributed by atoms with Gasteiger partial charge in [-0.25, -0.2) is 0 Å². The van der Waals surface area contributed by atoms with Gasteiger partial charge in [0.05, 0.1) is 22.0 Å². The largest absolute Gasteiger partial charge is 0.481 e. The second-order valence-electron chi connectivity index (χ2n) is 6.94. The maximum Gasteiger partial charge on any atom is 0.308 e. The average Bonchev–Trinajstić information content (AvgIpc) is 2.97. The Kier molecular flexibility index (Phi) is 5.52. The first kappa shape index (κ1) is 19.0. The van der Waals surface area contributed by atoms with E-state index in [0.717, 1.165) is 0 Å². The van der Waals surface area contributed by atoms with Crippen molar-refractivity contribution in [3.05, 3.63) is 41.0 Å². The molecule has 0 saturated heterocycles. The lowest BCUT2D eigenvalue weighted by Crippen LogP contribution is -2.31. The molecule has 1 amide bonds. The molecule has 0 spiro atoms. The van der Waals surface area contributed by atoms with E-state index < -0.39 is 11.9 Å². The fourth-order valence-electron chi connectivity index (χ4n) is 2.16. The quantitative estimate of drug-likeness (QED) is 0.852. The molecular formula is C18H22ClN3O3. The maximum absolute atomic E-state index is 12.6. The lowest BCUT2D eigenvalue weighted by molar-refractivity contribution is -0.140. The van der Waals surface area contributed by atoms with Gasteiger partial charge >= 0.3 is 5.97 Å². The van der Waals surface area contributed by atoms with E-state index >= 15 is 0 Å². The van der Waals surface area contributed by atoms with Crippen LogP contribution in [-0.4, -0.2) is 33.3 Å². The van der Waals surface area contributed by atoms with E-state index in [1.807, 2.05) is 26.8 Å². The number of carbonyl (C=O) groups excluding carboxylic acids is 1. The van der Waals surface area contributed by atoms with Gasteiger partial charge in [0.15, 0.2) is 0 Å². The molecule has 0 aliphatic heterocycles. The van der Waals surface area contributed by atoms with Gasteiger partial charge in [-0.2, -0.15) is 5.10 Å². The lowest BCUT2D eigenvalue weighted by Gasteiger charge is -2.18. The van der Waals surface area contributed by atoms with Gasteiger partial charge in [0, 0.05) is 18.3 Å². The molecule has 2 N–H and O–H groups in total. The molecule has 1 unspecified atom stereocenters. The third-order valence-electron chi connectivity index (χ3n) is 3.77. The molecule has 0 bridgehead atoms. The van der Waals surface area contributed by atoms with Crippen molar-refractivity contribution in [3.63, 3.8) is 0 Å². The summed E-state index contributed by atoms with van der Waals surface area (Å²) in [6.07, 6.45) is 1.67. The monoisotopic (exact) mass is 363 g/mol. The number of amides is 1. The van der Waals surface area contributed by atoms with E-state index in [2.05, 4.69) is 10.4 Å². The van der Waals surface area contributed by atoms with Crippen LogP contribution in [0.3, 0.4) is 0 Å². The minimum atomic E-state index is -0.961. The molecule has 0 aliphatic rings. The molecule has 7 heteroatoms. The second-order valence-corrected chi connectivity index (χ2v) is 7.34. The van der Waals surface area contributed by atoms with Gasteiger partial charge < -0.3 is 10.4 Å². The fourth-order valence-corrected chi connectivity index (χ4v) is 2.39. The normalized spacial score (nSPS) is 12.7. The number of carbonyl (C=O) groups is 2. The Labute approximate surface area is 151 Å². The minimum Gasteiger partial charge on any atom is -0.481 e. The number of carboxylic acid groups (broad SMARTS) is 1. The van der Waals surface area contributed by atoms with Gasteiger partial charge in [0.1, 0.15) is 5.69 Å². The number of aliphatic carboxylic acids is 1. The molecule has 0 aliphatic carbocycles. The molecule has 2 rings (SSSR count). The molecule has 25 heavy (non-hydrogen) atoms. The third kappa shape index (κ3) is 4.39. The Hall–Kier alpha value is -2.34. The van der Waals surface area contributed by atoms with E-state index in [1.165, 1.54) is 6.92 Å². The molecule has 0 saturated carbocycles. The van der Waals surface area contributed by atoms with Gasteiger partial charge in [-0.15, -0.1) is 0 Å². The summed E-state index contributed by atoms with van der Waals surface area (Å²) >= 11 is 6.27. The van der Waals surface area contributed by atoms with Crippen molar-refractivity contribution in [2.24, 2.45) is 5.92 Å². The fraction of sp³-hybridized carbons (Fsp3) is 0.389. The number of aromatic nitrogens is 2. The van der Waals surface area contributed by atoms with Crippen LogP contribution < -0.4 is 5.32 Å². The van der Waals surface area contributed by atoms with E-state index in [4.69, 9.17) is 16.7 Å². The summed E-state index contributed by atoms with van der Waals surface area (Å²) in [5, 5.41) is 16.7. The van der Waals surface area contributed by atoms with Crippen molar-refractivity contribution < 1.29 is 14.7 Å². The molecule has 1 atom stereocenters. The number of carboxylic acids is 1. The highest BCUT2D eigenvalue weighted by Crippen LogP contribution is 2.30. The topological polar surface area (TPSA) is 84.2 Å². The average molecular weight is 364 g/mol. The summed E-state index contributed by atoms with van der Waals surface area (Å²) in [5.41, 5.74) is 1.17. The molecule has 2 aromatic rings. The van der Waals surface area contributed by atoms with Crippen LogP contribution in [0, 0.1) is 5.92 Å². The molecule has 0 radical (unpaired) electrons. The number of benzene rings is 1. The summed E-state index contributed by atoms with van der Waals surface area (Å²) in [7, 11) is 0. The Morgan fingerprint density at radius 1 is 1.32 bits per heavy atom. The van der Waals surface area contributed by atoms with Crippen LogP contribution in [-0.2, 0) is 10.3 Å². The SMILES string of the molecule is CC(CNC(=O)c1cn(C(C)(C)C)nc1-c1ccccc1Cl)C(=O)O. The smallest absolute Gasteiger partial charge is 0.308 e. The van der Waals surface area contributed by atoms with E-state index in [9.17, 15) is 9.59 Å². The molecule has 134 valence electrons. The zero-order valence-electron chi connectivity index (χ0n) is 14.7. The molecule has 1 heterocycles. The van der Waals surface area contributed by atoms with Crippen LogP contribution in [0.2, 0.25) is 5.02 Å². The van der Waals surface area contributed by atoms with Crippen LogP contribution in [0.1, 0.15) is 38.1 Å². The highest BCUT2D eigenvalue weighted by Gasteiger charge is 2.24. The molecule has 6 nitrogen and oxygen atoms in total. The van der Waals surface area contributed by atoms with Crippen molar-refractivity contribution >= 4 is 23.5 Å². The van der Waals surface area contributed by atoms with Gasteiger partial charge in [0.25, 0.3) is 5.91 Å². The summed E-state index contributed by atoms with van der Waals surface area (Å²) in [5.74, 6) is -2.01. The van der Waals surface area contributed by atoms with Gasteiger partial charge in [-0.1, -0.05) is 36.7 Å². The summed E-state index contributed by atoms with van der Waals surface area (Å²) in [6, 6.07) is 7.17. The van der Waals surface area contributed by atoms with Gasteiger partial charge in [0.2, 0.25) is 0 Å². The summed E-state index contributed by atoms with van der Waals surface area (Å²) in [4.78, 5) is 23.5. The van der Waals surface area contributed by atoms with Crippen LogP contribution >= 0.6 is 11.6 Å². The number of hydrogen-bond acceptors (Lipinski definition) is 3. The zero-order valence-corrected chi connectivity index (χ0v) is 15.5. The van der Waals surface area contributed by atoms with Crippen molar-refractivity contribution in [2.75, 3.05) is 6.54 Å². The number of rotatable bonds is 5. The lowest BCUT2D eigenvalue weighted by atomic mass is 10.1. The van der Waals surface area contributed by atoms with Crippen LogP contribution in [0.15, 0.2) is 30.5 Å².